The molecule has 21 rings (SSSR count). The molecule has 7 heterocycles. The maximum Gasteiger partial charge on any atom is 0.197 e. The second kappa shape index (κ2) is 21.1. The second-order valence-corrected chi connectivity index (χ2v) is 27.3. The summed E-state index contributed by atoms with van der Waals surface area (Å²) in [7, 11) is 0. The van der Waals surface area contributed by atoms with E-state index < -0.39 is 0 Å². The highest BCUT2D eigenvalue weighted by atomic mass is 32.1. The lowest BCUT2D eigenvalue weighted by Gasteiger charge is -2.25. The second-order valence-electron chi connectivity index (χ2n) is 25.1. The van der Waals surface area contributed by atoms with Crippen LogP contribution in [0.3, 0.4) is 0 Å². The zero-order chi connectivity index (χ0) is 64.3. The molecule has 98 heavy (non-hydrogen) atoms. The number of furan rings is 2. The molecule has 8 nitrogen and oxygen atoms in total. The van der Waals surface area contributed by atoms with Crippen molar-refractivity contribution in [2.45, 2.75) is 0 Å². The summed E-state index contributed by atoms with van der Waals surface area (Å²) in [6.45, 7) is 9.67. The summed E-state index contributed by atoms with van der Waals surface area (Å²) in [5.74, 6) is 1.42. The van der Waals surface area contributed by atoms with Crippen LogP contribution < -0.4 is 0 Å². The molecule has 0 fully saturated rings. The molecule has 0 aliphatic heterocycles. The number of para-hydroxylation sites is 2. The van der Waals surface area contributed by atoms with Crippen molar-refractivity contribution in [3.63, 3.8) is 0 Å². The number of rotatable bonds is 8. The van der Waals surface area contributed by atoms with Crippen LogP contribution in [0.4, 0.5) is 5.69 Å². The van der Waals surface area contributed by atoms with Crippen LogP contribution >= 0.6 is 22.7 Å². The van der Waals surface area contributed by atoms with Crippen molar-refractivity contribution in [2.24, 2.45) is 0 Å². The fourth-order valence-electron chi connectivity index (χ4n) is 15.6. The van der Waals surface area contributed by atoms with Gasteiger partial charge in [0.25, 0.3) is 0 Å². The zero-order valence-corrected chi connectivity index (χ0v) is 53.7. The Morgan fingerprint density at radius 2 is 0.704 bits per heavy atom. The normalized spacial score (nSPS) is 12.1. The molecule has 0 bridgehead atoms. The van der Waals surface area contributed by atoms with Crippen LogP contribution in [-0.4, -0.2) is 24.1 Å². The molecule has 0 saturated carbocycles. The Balaban J connectivity index is 0.993. The van der Waals surface area contributed by atoms with Crippen molar-refractivity contribution in [1.82, 2.24) is 24.1 Å². The lowest BCUT2D eigenvalue weighted by atomic mass is 9.95. The van der Waals surface area contributed by atoms with Gasteiger partial charge in [0, 0.05) is 94.9 Å². The van der Waals surface area contributed by atoms with E-state index in [2.05, 4.69) is 281 Å². The Morgan fingerprint density at radius 1 is 0.296 bits per heavy atom. The predicted octanol–water partition coefficient (Wildman–Crippen LogP) is 25.2. The molecule has 0 unspecified atom stereocenters. The molecular weight excluding hydrogens is 1240 g/mol. The number of fused-ring (bicyclic) bond motifs is 20. The zero-order valence-electron chi connectivity index (χ0n) is 52.0. The molecule has 0 aliphatic rings. The van der Waals surface area contributed by atoms with Crippen LogP contribution in [0.15, 0.2) is 300 Å². The topological polar surface area (TPSA) is 79.2 Å². The van der Waals surface area contributed by atoms with Gasteiger partial charge in [-0.25, -0.2) is 19.8 Å². The molecule has 7 aromatic heterocycles. The van der Waals surface area contributed by atoms with Crippen molar-refractivity contribution < 1.29 is 8.83 Å². The van der Waals surface area contributed by atoms with Crippen LogP contribution in [0.1, 0.15) is 0 Å². The quantitative estimate of drug-likeness (QED) is 0.142. The average Bonchev–Trinajstić information content (AvgIpc) is 1.50. The maximum absolute atomic E-state index is 9.67. The Morgan fingerprint density at radius 3 is 1.19 bits per heavy atom. The number of aromatic nitrogens is 5. The fraction of sp³-hybridized carbons (Fsp3) is 0. The van der Waals surface area contributed by atoms with E-state index in [9.17, 15) is 6.57 Å². The van der Waals surface area contributed by atoms with Crippen LogP contribution in [0.2, 0.25) is 0 Å². The molecule has 454 valence electrons. The first-order valence-electron chi connectivity index (χ1n) is 32.7. The van der Waals surface area contributed by atoms with Crippen molar-refractivity contribution >= 4 is 156 Å². The van der Waals surface area contributed by atoms with Gasteiger partial charge >= 0.3 is 0 Å². The number of hydrogen-bond donors (Lipinski definition) is 0. The van der Waals surface area contributed by atoms with Gasteiger partial charge in [-0.3, -0.25) is 0 Å². The molecule has 0 radical (unpaired) electrons. The maximum atomic E-state index is 9.67. The number of thiophene rings is 2. The van der Waals surface area contributed by atoms with Gasteiger partial charge < -0.3 is 18.0 Å². The monoisotopic (exact) mass is 1280 g/mol. The first kappa shape index (κ1) is 54.6. The smallest absolute Gasteiger partial charge is 0.197 e. The predicted molar refractivity (Wildman–Crippen MR) is 408 cm³/mol. The van der Waals surface area contributed by atoms with E-state index in [-0.39, 0.29) is 0 Å². The Hall–Kier alpha value is -12.8. The van der Waals surface area contributed by atoms with E-state index in [0.29, 0.717) is 28.7 Å². The molecule has 0 atom stereocenters. The summed E-state index contributed by atoms with van der Waals surface area (Å²) in [5.41, 5.74) is 16.9. The molecule has 14 aromatic carbocycles. The van der Waals surface area contributed by atoms with Crippen molar-refractivity contribution in [3.05, 3.63) is 303 Å². The van der Waals surface area contributed by atoms with E-state index >= 15 is 0 Å². The third-order valence-corrected chi connectivity index (χ3v) is 22.1. The highest BCUT2D eigenvalue weighted by Crippen LogP contribution is 2.53. The van der Waals surface area contributed by atoms with Crippen LogP contribution in [-0.2, 0) is 0 Å². The van der Waals surface area contributed by atoms with E-state index in [1.54, 1.807) is 22.7 Å². The number of benzene rings is 14. The van der Waals surface area contributed by atoms with Gasteiger partial charge in [-0.15, -0.1) is 22.7 Å². The Labute approximate surface area is 566 Å². The van der Waals surface area contributed by atoms with Crippen molar-refractivity contribution in [2.75, 3.05) is 0 Å². The highest BCUT2D eigenvalue weighted by Gasteiger charge is 2.33. The summed E-state index contributed by atoms with van der Waals surface area (Å²) in [4.78, 5) is 22.1. The lowest BCUT2D eigenvalue weighted by Crippen LogP contribution is -2.10. The van der Waals surface area contributed by atoms with Crippen LogP contribution in [0.5, 0.6) is 0 Å². The summed E-state index contributed by atoms with van der Waals surface area (Å²) in [5, 5.41) is 12.3. The minimum atomic E-state index is 0.395. The van der Waals surface area contributed by atoms with Gasteiger partial charge in [0.1, 0.15) is 22.3 Å². The van der Waals surface area contributed by atoms with Gasteiger partial charge in [0.15, 0.2) is 23.2 Å². The van der Waals surface area contributed by atoms with Crippen molar-refractivity contribution in [1.29, 1.82) is 0 Å². The Kier molecular flexibility index (Phi) is 11.8. The summed E-state index contributed by atoms with van der Waals surface area (Å²) >= 11 is 3.53. The molecule has 0 spiro atoms. The fourth-order valence-corrected chi connectivity index (χ4v) is 17.8. The molecule has 0 aliphatic carbocycles. The van der Waals surface area contributed by atoms with Gasteiger partial charge in [0.2, 0.25) is 0 Å². The number of nitrogens with zero attached hydrogens (tertiary/aromatic N) is 6. The molecule has 0 N–H and O–H groups in total. The Bertz CT molecular complexity index is 6870. The minimum absolute atomic E-state index is 0.395. The van der Waals surface area contributed by atoms with Gasteiger partial charge in [-0.05, 0) is 119 Å². The lowest BCUT2D eigenvalue weighted by molar-refractivity contribution is 0.672. The van der Waals surface area contributed by atoms with Crippen LogP contribution in [0.25, 0.3) is 212 Å². The molecule has 0 saturated heterocycles. The van der Waals surface area contributed by atoms with Gasteiger partial charge in [-0.2, -0.15) is 0 Å². The average molecular weight is 1290 g/mol. The highest BCUT2D eigenvalue weighted by molar-refractivity contribution is 7.26. The molecular formula is C88H48N6O2S2. The third-order valence-electron chi connectivity index (χ3n) is 19.8. The minimum Gasteiger partial charge on any atom is -0.455 e. The largest absolute Gasteiger partial charge is 0.455 e. The first-order valence-corrected chi connectivity index (χ1v) is 34.3. The van der Waals surface area contributed by atoms with Gasteiger partial charge in [0.05, 0.1) is 50.8 Å². The summed E-state index contributed by atoms with van der Waals surface area (Å²) in [6, 6.07) is 103. The van der Waals surface area contributed by atoms with Crippen molar-refractivity contribution in [3.8, 4) is 78.9 Å². The van der Waals surface area contributed by atoms with E-state index in [0.717, 1.165) is 174 Å². The SMILES string of the molecule is [C-]#[N+]c1cc(-c2nc(-c3cccc4sc5ccccc5c34)nc(-c3cccc4sc5ccccc5c34)n2)c(-n2c3ccc(-c4ccccc4)cc3c3c4oc5ccccc5c4ccc32)c(-n2c3ccc(-c4ccccc4)cc3c3c4oc5ccccc5c4ccc32)c1-c1ccccc1. The molecule has 21 aromatic rings. The molecule has 0 amide bonds. The standard InChI is InChI=1S/C88H48N6O2S2/c1-89-66-49-65(88-91-86(61-31-19-37-75-78(61)59-29-13-17-35-73(59)97-75)90-87(92-88)62-32-20-38-76-79(62)60-30-14-18-36-74(60)98-76)82(93-67-43-39-53(50-21-5-2-6-22-50)47-63(67)80-69(93)45-41-57-55-27-11-15-33-71(55)95-84(57)80)83(77(66)52-25-9-4-10-26-52)94-68-44-40-54(51-23-7-3-8-24-51)48-64(68)81-70(94)46-42-58-56-28-12-16-34-72(56)96-85(58)81/h2-49H. The van der Waals surface area contributed by atoms with E-state index in [1.165, 1.54) is 9.40 Å². The van der Waals surface area contributed by atoms with Gasteiger partial charge in [-0.1, -0.05) is 200 Å². The van der Waals surface area contributed by atoms with E-state index in [4.69, 9.17) is 23.8 Å². The van der Waals surface area contributed by atoms with E-state index in [1.807, 2.05) is 24.3 Å². The van der Waals surface area contributed by atoms with Crippen LogP contribution in [0, 0.1) is 6.57 Å². The first-order chi connectivity index (χ1) is 48.6. The third kappa shape index (κ3) is 8.00. The number of hydrogen-bond acceptors (Lipinski definition) is 7. The summed E-state index contributed by atoms with van der Waals surface area (Å²) in [6.07, 6.45) is 0. The summed E-state index contributed by atoms with van der Waals surface area (Å²) < 4.78 is 23.8. The molecule has 10 heteroatoms.